The van der Waals surface area contributed by atoms with E-state index in [0.717, 1.165) is 0 Å². The summed E-state index contributed by atoms with van der Waals surface area (Å²) in [5.41, 5.74) is 0. The molecule has 0 aromatic carbocycles. The van der Waals surface area contributed by atoms with E-state index in [9.17, 15) is 14.4 Å². The Labute approximate surface area is 125 Å². The number of carbonyl (C=O) groups is 3. The standard InChI is InChI=1S/C14H25N3O4/c1-4-16(5-2)13(19)12(18)15-11-7-9-17(10-8-11)14(20)21-6-3/h11H,4-10H2,1-3H3,(H,15,18). The summed E-state index contributed by atoms with van der Waals surface area (Å²) in [5.74, 6) is -1.05. The number of hydrogen-bond donors (Lipinski definition) is 1. The Morgan fingerprint density at radius 1 is 1.14 bits per heavy atom. The average Bonchev–Trinajstić information content (AvgIpc) is 2.49. The fraction of sp³-hybridized carbons (Fsp3) is 0.786. The second kappa shape index (κ2) is 8.49. The minimum absolute atomic E-state index is 0.0670. The quantitative estimate of drug-likeness (QED) is 0.771. The second-order valence-corrected chi connectivity index (χ2v) is 4.91. The van der Waals surface area contributed by atoms with Gasteiger partial charge in [0.15, 0.2) is 0 Å². The van der Waals surface area contributed by atoms with Crippen LogP contribution in [0.3, 0.4) is 0 Å². The van der Waals surface area contributed by atoms with Crippen molar-refractivity contribution in [1.29, 1.82) is 0 Å². The molecule has 1 fully saturated rings. The second-order valence-electron chi connectivity index (χ2n) is 4.91. The molecule has 0 saturated carbocycles. The zero-order chi connectivity index (χ0) is 15.8. The molecule has 1 saturated heterocycles. The predicted molar refractivity (Wildman–Crippen MR) is 77.7 cm³/mol. The van der Waals surface area contributed by atoms with Gasteiger partial charge in [-0.05, 0) is 33.6 Å². The molecule has 1 heterocycles. The van der Waals surface area contributed by atoms with Crippen LogP contribution in [0.25, 0.3) is 0 Å². The molecule has 0 radical (unpaired) electrons. The van der Waals surface area contributed by atoms with E-state index < -0.39 is 11.8 Å². The van der Waals surface area contributed by atoms with Crippen molar-refractivity contribution in [2.24, 2.45) is 0 Å². The predicted octanol–water partition coefficient (Wildman–Crippen LogP) is 0.592. The highest BCUT2D eigenvalue weighted by Gasteiger charge is 2.27. The summed E-state index contributed by atoms with van der Waals surface area (Å²) in [6.45, 7) is 7.90. The van der Waals surface area contributed by atoms with Crippen LogP contribution in [-0.2, 0) is 14.3 Å². The first-order valence-electron chi connectivity index (χ1n) is 7.54. The van der Waals surface area contributed by atoms with Gasteiger partial charge in [0.05, 0.1) is 6.61 Å². The lowest BCUT2D eigenvalue weighted by Gasteiger charge is -2.31. The Kier molecular flexibility index (Phi) is 6.98. The zero-order valence-corrected chi connectivity index (χ0v) is 13.1. The van der Waals surface area contributed by atoms with E-state index in [1.165, 1.54) is 4.90 Å². The van der Waals surface area contributed by atoms with Crippen molar-refractivity contribution < 1.29 is 19.1 Å². The van der Waals surface area contributed by atoms with Gasteiger partial charge in [-0.25, -0.2) is 4.79 Å². The maximum absolute atomic E-state index is 11.9. The number of nitrogens with zero attached hydrogens (tertiary/aromatic N) is 2. The molecule has 1 N–H and O–H groups in total. The largest absolute Gasteiger partial charge is 0.450 e. The lowest BCUT2D eigenvalue weighted by atomic mass is 10.1. The molecule has 0 aromatic rings. The summed E-state index contributed by atoms with van der Waals surface area (Å²) in [5, 5.41) is 2.75. The number of amides is 3. The van der Waals surface area contributed by atoms with E-state index in [4.69, 9.17) is 4.74 Å². The summed E-state index contributed by atoms with van der Waals surface area (Å²) in [6, 6.07) is -0.0670. The summed E-state index contributed by atoms with van der Waals surface area (Å²) in [7, 11) is 0. The number of hydrogen-bond acceptors (Lipinski definition) is 4. The zero-order valence-electron chi connectivity index (χ0n) is 13.1. The van der Waals surface area contributed by atoms with Crippen LogP contribution in [0.15, 0.2) is 0 Å². The van der Waals surface area contributed by atoms with Crippen LogP contribution in [0.4, 0.5) is 4.79 Å². The van der Waals surface area contributed by atoms with Crippen LogP contribution in [0.2, 0.25) is 0 Å². The summed E-state index contributed by atoms with van der Waals surface area (Å²) in [6.07, 6.45) is 0.952. The number of likely N-dealkylation sites (N-methyl/N-ethyl adjacent to an activating group) is 1. The van der Waals surface area contributed by atoms with E-state index in [1.54, 1.807) is 11.8 Å². The third-order valence-corrected chi connectivity index (χ3v) is 3.60. The van der Waals surface area contributed by atoms with Crippen molar-refractivity contribution in [3.8, 4) is 0 Å². The van der Waals surface area contributed by atoms with Crippen LogP contribution < -0.4 is 5.32 Å². The maximum Gasteiger partial charge on any atom is 0.409 e. The molecular formula is C14H25N3O4. The van der Waals surface area contributed by atoms with Gasteiger partial charge in [0.2, 0.25) is 0 Å². The Hall–Kier alpha value is -1.79. The third-order valence-electron chi connectivity index (χ3n) is 3.60. The highest BCUT2D eigenvalue weighted by atomic mass is 16.6. The molecule has 7 nitrogen and oxygen atoms in total. The van der Waals surface area contributed by atoms with Crippen molar-refractivity contribution in [2.45, 2.75) is 39.7 Å². The van der Waals surface area contributed by atoms with Crippen molar-refractivity contribution in [3.05, 3.63) is 0 Å². The maximum atomic E-state index is 11.9. The van der Waals surface area contributed by atoms with Gasteiger partial charge in [-0.3, -0.25) is 9.59 Å². The molecule has 3 amide bonds. The summed E-state index contributed by atoms with van der Waals surface area (Å²) >= 11 is 0. The van der Waals surface area contributed by atoms with E-state index in [2.05, 4.69) is 5.32 Å². The van der Waals surface area contributed by atoms with Crippen LogP contribution in [0.5, 0.6) is 0 Å². The fourth-order valence-electron chi connectivity index (χ4n) is 2.32. The molecule has 1 aliphatic heterocycles. The molecule has 0 aliphatic carbocycles. The SMILES string of the molecule is CCOC(=O)N1CCC(NC(=O)C(=O)N(CC)CC)CC1. The highest BCUT2D eigenvalue weighted by molar-refractivity contribution is 6.35. The normalized spacial score (nSPS) is 15.5. The number of carbonyl (C=O) groups excluding carboxylic acids is 3. The van der Waals surface area contributed by atoms with Crippen molar-refractivity contribution in [2.75, 3.05) is 32.8 Å². The molecule has 0 aromatic heterocycles. The molecule has 21 heavy (non-hydrogen) atoms. The van der Waals surface area contributed by atoms with Crippen molar-refractivity contribution in [3.63, 3.8) is 0 Å². The third kappa shape index (κ3) is 4.91. The molecule has 7 heteroatoms. The minimum atomic E-state index is -0.562. The topological polar surface area (TPSA) is 79.0 Å². The smallest absolute Gasteiger partial charge is 0.409 e. The number of rotatable bonds is 4. The van der Waals surface area contributed by atoms with Crippen LogP contribution in [0, 0.1) is 0 Å². The van der Waals surface area contributed by atoms with Crippen LogP contribution >= 0.6 is 0 Å². The van der Waals surface area contributed by atoms with Gasteiger partial charge in [0, 0.05) is 32.2 Å². The van der Waals surface area contributed by atoms with Crippen LogP contribution in [-0.4, -0.2) is 66.5 Å². The average molecular weight is 299 g/mol. The van der Waals surface area contributed by atoms with E-state index in [-0.39, 0.29) is 12.1 Å². The molecule has 0 bridgehead atoms. The Balaban J connectivity index is 2.40. The van der Waals surface area contributed by atoms with Gasteiger partial charge in [-0.2, -0.15) is 0 Å². The molecule has 1 rings (SSSR count). The van der Waals surface area contributed by atoms with Gasteiger partial charge >= 0.3 is 17.9 Å². The lowest BCUT2D eigenvalue weighted by molar-refractivity contribution is -0.146. The van der Waals surface area contributed by atoms with Gasteiger partial charge in [0.25, 0.3) is 0 Å². The first-order chi connectivity index (χ1) is 10.0. The number of likely N-dealkylation sites (tertiary alicyclic amines) is 1. The fourth-order valence-corrected chi connectivity index (χ4v) is 2.32. The van der Waals surface area contributed by atoms with E-state index in [0.29, 0.717) is 45.6 Å². The molecular weight excluding hydrogens is 274 g/mol. The summed E-state index contributed by atoms with van der Waals surface area (Å²) < 4.78 is 4.94. The molecule has 1 aliphatic rings. The van der Waals surface area contributed by atoms with Gasteiger partial charge < -0.3 is 19.9 Å². The first-order valence-corrected chi connectivity index (χ1v) is 7.54. The summed E-state index contributed by atoms with van der Waals surface area (Å²) in [4.78, 5) is 38.4. The van der Waals surface area contributed by atoms with Crippen molar-refractivity contribution >= 4 is 17.9 Å². The minimum Gasteiger partial charge on any atom is -0.450 e. The monoisotopic (exact) mass is 299 g/mol. The number of ether oxygens (including phenoxy) is 1. The molecule has 120 valence electrons. The van der Waals surface area contributed by atoms with E-state index >= 15 is 0 Å². The Morgan fingerprint density at radius 2 is 1.71 bits per heavy atom. The van der Waals surface area contributed by atoms with E-state index in [1.807, 2.05) is 13.8 Å². The van der Waals surface area contributed by atoms with Crippen molar-refractivity contribution in [1.82, 2.24) is 15.1 Å². The number of nitrogens with one attached hydrogen (secondary N) is 1. The lowest BCUT2D eigenvalue weighted by Crippen LogP contribution is -2.50. The number of piperidine rings is 1. The van der Waals surface area contributed by atoms with Crippen LogP contribution in [0.1, 0.15) is 33.6 Å². The van der Waals surface area contributed by atoms with Gasteiger partial charge in [-0.1, -0.05) is 0 Å². The Bertz CT molecular complexity index is 374. The highest BCUT2D eigenvalue weighted by Crippen LogP contribution is 2.11. The molecule has 0 spiro atoms. The molecule has 0 unspecified atom stereocenters. The van der Waals surface area contributed by atoms with Gasteiger partial charge in [-0.15, -0.1) is 0 Å². The first kappa shape index (κ1) is 17.3. The van der Waals surface area contributed by atoms with Gasteiger partial charge in [0.1, 0.15) is 0 Å². The molecule has 0 atom stereocenters. The Morgan fingerprint density at radius 3 is 2.19 bits per heavy atom.